The van der Waals surface area contributed by atoms with Gasteiger partial charge in [-0.05, 0) is 25.3 Å². The Hall–Kier alpha value is -1.32. The molecule has 0 spiro atoms. The zero-order valence-corrected chi connectivity index (χ0v) is 8.48. The van der Waals surface area contributed by atoms with E-state index in [2.05, 4.69) is 21.8 Å². The molecule has 2 N–H and O–H groups in total. The number of nitrogens with zero attached hydrogens (tertiary/aromatic N) is 3. The van der Waals surface area contributed by atoms with Crippen molar-refractivity contribution < 1.29 is 0 Å². The lowest BCUT2D eigenvalue weighted by atomic mass is 10.4. The van der Waals surface area contributed by atoms with E-state index in [0.717, 1.165) is 18.9 Å². The minimum Gasteiger partial charge on any atom is -0.384 e. The molecule has 14 heavy (non-hydrogen) atoms. The third kappa shape index (κ3) is 1.95. The predicted octanol–water partition coefficient (Wildman–Crippen LogP) is 1.44. The topological polar surface area (TPSA) is 55.0 Å². The van der Waals surface area contributed by atoms with Crippen LogP contribution in [-0.4, -0.2) is 22.6 Å². The van der Waals surface area contributed by atoms with Gasteiger partial charge in [0.2, 0.25) is 5.95 Å². The molecular weight excluding hydrogens is 176 g/mol. The van der Waals surface area contributed by atoms with Crippen LogP contribution in [0.3, 0.4) is 0 Å². The molecule has 0 atom stereocenters. The molecule has 1 heterocycles. The lowest BCUT2D eigenvalue weighted by Crippen LogP contribution is -2.28. The number of hydrogen-bond acceptors (Lipinski definition) is 4. The highest BCUT2D eigenvalue weighted by atomic mass is 15.3. The molecule has 4 nitrogen and oxygen atoms in total. The first-order chi connectivity index (χ1) is 6.81. The van der Waals surface area contributed by atoms with Crippen LogP contribution >= 0.6 is 0 Å². The van der Waals surface area contributed by atoms with E-state index in [0.29, 0.717) is 11.9 Å². The van der Waals surface area contributed by atoms with Crippen LogP contribution < -0.4 is 10.6 Å². The van der Waals surface area contributed by atoms with Gasteiger partial charge in [-0.25, -0.2) is 4.98 Å². The van der Waals surface area contributed by atoms with E-state index in [1.54, 1.807) is 12.3 Å². The summed E-state index contributed by atoms with van der Waals surface area (Å²) in [5.74, 6) is 1.34. The van der Waals surface area contributed by atoms with Crippen LogP contribution in [0.1, 0.15) is 26.2 Å². The number of nitrogens with two attached hydrogens (primary N) is 1. The quantitative estimate of drug-likeness (QED) is 0.784. The summed E-state index contributed by atoms with van der Waals surface area (Å²) in [7, 11) is 0. The third-order valence-electron chi connectivity index (χ3n) is 2.37. The molecular formula is C10H16N4. The maximum atomic E-state index is 5.64. The summed E-state index contributed by atoms with van der Waals surface area (Å²) >= 11 is 0. The normalized spacial score (nSPS) is 15.5. The molecule has 2 rings (SSSR count). The summed E-state index contributed by atoms with van der Waals surface area (Å²) < 4.78 is 0. The molecule has 1 aliphatic rings. The standard InChI is InChI=1S/C10H16N4/c1-2-7-14(8-3-4-8)10-12-6-5-9(11)13-10/h5-6,8H,2-4,7H2,1H3,(H2,11,12,13). The van der Waals surface area contributed by atoms with E-state index in [1.165, 1.54) is 12.8 Å². The van der Waals surface area contributed by atoms with Crippen molar-refractivity contribution >= 4 is 11.8 Å². The molecule has 1 aromatic heterocycles. The highest BCUT2D eigenvalue weighted by Gasteiger charge is 2.30. The van der Waals surface area contributed by atoms with Crippen molar-refractivity contribution in [1.82, 2.24) is 9.97 Å². The van der Waals surface area contributed by atoms with Crippen molar-refractivity contribution in [2.24, 2.45) is 0 Å². The number of aromatic nitrogens is 2. The van der Waals surface area contributed by atoms with Crippen LogP contribution in [0.4, 0.5) is 11.8 Å². The first-order valence-corrected chi connectivity index (χ1v) is 5.16. The largest absolute Gasteiger partial charge is 0.384 e. The minimum atomic E-state index is 0.553. The van der Waals surface area contributed by atoms with Gasteiger partial charge in [0.05, 0.1) is 0 Å². The Balaban J connectivity index is 2.16. The zero-order chi connectivity index (χ0) is 9.97. The second-order valence-electron chi connectivity index (χ2n) is 3.71. The van der Waals surface area contributed by atoms with Crippen molar-refractivity contribution in [3.63, 3.8) is 0 Å². The average molecular weight is 192 g/mol. The molecule has 0 aliphatic heterocycles. The second kappa shape index (κ2) is 3.82. The lowest BCUT2D eigenvalue weighted by Gasteiger charge is -2.21. The third-order valence-corrected chi connectivity index (χ3v) is 2.37. The van der Waals surface area contributed by atoms with Crippen LogP contribution in [-0.2, 0) is 0 Å². The summed E-state index contributed by atoms with van der Waals surface area (Å²) in [6.07, 6.45) is 5.37. The summed E-state index contributed by atoms with van der Waals surface area (Å²) in [5, 5.41) is 0. The van der Waals surface area contributed by atoms with Gasteiger partial charge in [-0.2, -0.15) is 4.98 Å². The van der Waals surface area contributed by atoms with E-state index in [4.69, 9.17) is 5.73 Å². The van der Waals surface area contributed by atoms with Gasteiger partial charge in [0.15, 0.2) is 0 Å². The number of nitrogen functional groups attached to an aromatic ring is 1. The monoisotopic (exact) mass is 192 g/mol. The molecule has 0 radical (unpaired) electrons. The van der Waals surface area contributed by atoms with Crippen molar-refractivity contribution in [3.05, 3.63) is 12.3 Å². The van der Waals surface area contributed by atoms with Gasteiger partial charge in [0.1, 0.15) is 5.82 Å². The highest BCUT2D eigenvalue weighted by molar-refractivity contribution is 5.39. The molecule has 1 aromatic rings. The van der Waals surface area contributed by atoms with E-state index in [-0.39, 0.29) is 0 Å². The summed E-state index contributed by atoms with van der Waals surface area (Å²) in [5.41, 5.74) is 5.64. The summed E-state index contributed by atoms with van der Waals surface area (Å²) in [6, 6.07) is 2.37. The van der Waals surface area contributed by atoms with E-state index in [9.17, 15) is 0 Å². The molecule has 0 aromatic carbocycles. The SMILES string of the molecule is CCCN(c1nccc(N)n1)C1CC1. The van der Waals surface area contributed by atoms with Crippen LogP contribution in [0.15, 0.2) is 12.3 Å². The number of rotatable bonds is 4. The van der Waals surface area contributed by atoms with Gasteiger partial charge in [0, 0.05) is 18.8 Å². The molecule has 1 saturated carbocycles. The molecule has 1 fully saturated rings. The Kier molecular flexibility index (Phi) is 2.52. The fraction of sp³-hybridized carbons (Fsp3) is 0.600. The Bertz CT molecular complexity index is 309. The Morgan fingerprint density at radius 3 is 2.93 bits per heavy atom. The average Bonchev–Trinajstić information content (AvgIpc) is 2.97. The zero-order valence-electron chi connectivity index (χ0n) is 8.48. The molecule has 0 amide bonds. The van der Waals surface area contributed by atoms with Gasteiger partial charge >= 0.3 is 0 Å². The fourth-order valence-electron chi connectivity index (χ4n) is 1.57. The first kappa shape index (κ1) is 9.24. The maximum Gasteiger partial charge on any atom is 0.227 e. The van der Waals surface area contributed by atoms with Crippen LogP contribution in [0.5, 0.6) is 0 Å². The molecule has 0 saturated heterocycles. The number of hydrogen-bond donors (Lipinski definition) is 1. The van der Waals surface area contributed by atoms with Crippen molar-refractivity contribution in [2.75, 3.05) is 17.2 Å². The van der Waals surface area contributed by atoms with Gasteiger partial charge in [-0.15, -0.1) is 0 Å². The first-order valence-electron chi connectivity index (χ1n) is 5.16. The summed E-state index contributed by atoms with van der Waals surface area (Å²) in [6.45, 7) is 3.19. The molecule has 1 aliphatic carbocycles. The fourth-order valence-corrected chi connectivity index (χ4v) is 1.57. The van der Waals surface area contributed by atoms with Crippen LogP contribution in [0, 0.1) is 0 Å². The van der Waals surface area contributed by atoms with E-state index in [1.807, 2.05) is 0 Å². The highest BCUT2D eigenvalue weighted by Crippen LogP contribution is 2.29. The predicted molar refractivity (Wildman–Crippen MR) is 57.1 cm³/mol. The molecule has 76 valence electrons. The minimum absolute atomic E-state index is 0.553. The van der Waals surface area contributed by atoms with Gasteiger partial charge in [0.25, 0.3) is 0 Å². The van der Waals surface area contributed by atoms with Gasteiger partial charge in [-0.3, -0.25) is 0 Å². The Morgan fingerprint density at radius 1 is 1.57 bits per heavy atom. The summed E-state index contributed by atoms with van der Waals surface area (Å²) in [4.78, 5) is 10.8. The molecule has 0 bridgehead atoms. The van der Waals surface area contributed by atoms with Crippen molar-refractivity contribution in [3.8, 4) is 0 Å². The van der Waals surface area contributed by atoms with Crippen LogP contribution in [0.2, 0.25) is 0 Å². The molecule has 0 unspecified atom stereocenters. The maximum absolute atomic E-state index is 5.64. The van der Waals surface area contributed by atoms with Crippen LogP contribution in [0.25, 0.3) is 0 Å². The number of anilines is 2. The lowest BCUT2D eigenvalue weighted by molar-refractivity contribution is 0.736. The van der Waals surface area contributed by atoms with Crippen molar-refractivity contribution in [2.45, 2.75) is 32.2 Å². The Labute approximate surface area is 84.2 Å². The second-order valence-corrected chi connectivity index (χ2v) is 3.71. The van der Waals surface area contributed by atoms with E-state index >= 15 is 0 Å². The van der Waals surface area contributed by atoms with Crippen molar-refractivity contribution in [1.29, 1.82) is 0 Å². The Morgan fingerprint density at radius 2 is 2.36 bits per heavy atom. The molecule has 4 heteroatoms. The van der Waals surface area contributed by atoms with E-state index < -0.39 is 0 Å². The van der Waals surface area contributed by atoms with Gasteiger partial charge < -0.3 is 10.6 Å². The smallest absolute Gasteiger partial charge is 0.227 e. The van der Waals surface area contributed by atoms with Gasteiger partial charge in [-0.1, -0.05) is 6.92 Å².